The van der Waals surface area contributed by atoms with Crippen LogP contribution < -0.4 is 16.0 Å². The Morgan fingerprint density at radius 3 is 2.50 bits per heavy atom. The molecule has 3 atom stereocenters. The van der Waals surface area contributed by atoms with Crippen molar-refractivity contribution >= 4 is 35.3 Å². The maximum atomic E-state index is 12.5. The van der Waals surface area contributed by atoms with Gasteiger partial charge in [-0.3, -0.25) is 9.59 Å². The molecule has 0 aliphatic heterocycles. The van der Waals surface area contributed by atoms with E-state index in [-0.39, 0.29) is 11.7 Å². The van der Waals surface area contributed by atoms with Crippen molar-refractivity contribution in [3.63, 3.8) is 0 Å². The van der Waals surface area contributed by atoms with E-state index in [1.54, 1.807) is 26.8 Å². The third kappa shape index (κ3) is 6.64. The van der Waals surface area contributed by atoms with Gasteiger partial charge in [0.2, 0.25) is 6.39 Å². The first kappa shape index (κ1) is 23.5. The summed E-state index contributed by atoms with van der Waals surface area (Å²) in [5, 5.41) is 12.2. The normalized spacial score (nSPS) is 20.8. The molecule has 3 amide bonds. The Kier molecular flexibility index (Phi) is 7.29. The van der Waals surface area contributed by atoms with Crippen LogP contribution in [0.25, 0.3) is 0 Å². The number of amides is 3. The number of aromatic nitrogens is 3. The summed E-state index contributed by atoms with van der Waals surface area (Å²) >= 11 is 5.77. The van der Waals surface area contributed by atoms with Crippen LogP contribution in [0.4, 0.5) is 10.6 Å². The Bertz CT molecular complexity index is 944. The van der Waals surface area contributed by atoms with Gasteiger partial charge in [0.15, 0.2) is 5.82 Å². The van der Waals surface area contributed by atoms with Gasteiger partial charge in [-0.2, -0.15) is 4.98 Å². The number of carbonyl (C=O) groups is 3. The number of alkyl carbamates (subject to hydrolysis) is 1. The molecular weight excluding hydrogens is 440 g/mol. The minimum atomic E-state index is -0.879. The number of nitrogens with zero attached hydrogens (tertiary/aromatic N) is 3. The topological polar surface area (TPSA) is 148 Å². The van der Waals surface area contributed by atoms with Crippen molar-refractivity contribution in [1.82, 2.24) is 25.8 Å². The maximum absolute atomic E-state index is 12.5. The highest BCUT2D eigenvalue weighted by Gasteiger charge is 2.36. The van der Waals surface area contributed by atoms with Crippen LogP contribution in [-0.4, -0.2) is 50.7 Å². The molecule has 2 aromatic heterocycles. The first-order valence-corrected chi connectivity index (χ1v) is 10.5. The van der Waals surface area contributed by atoms with Crippen LogP contribution in [0.3, 0.4) is 0 Å². The summed E-state index contributed by atoms with van der Waals surface area (Å²) in [6.45, 7) is 5.26. The lowest BCUT2D eigenvalue weighted by molar-refractivity contribution is -0.136. The van der Waals surface area contributed by atoms with Crippen molar-refractivity contribution < 1.29 is 23.6 Å². The Labute approximate surface area is 189 Å². The van der Waals surface area contributed by atoms with Crippen molar-refractivity contribution in [1.29, 1.82) is 0 Å². The van der Waals surface area contributed by atoms with Crippen LogP contribution in [0.1, 0.15) is 51.8 Å². The van der Waals surface area contributed by atoms with Gasteiger partial charge in [-0.1, -0.05) is 16.8 Å². The minimum absolute atomic E-state index is 0.0751. The van der Waals surface area contributed by atoms with Crippen molar-refractivity contribution in [3.8, 4) is 0 Å². The largest absolute Gasteiger partial charge is 0.444 e. The molecule has 0 saturated heterocycles. The summed E-state index contributed by atoms with van der Waals surface area (Å²) < 4.78 is 10.2. The summed E-state index contributed by atoms with van der Waals surface area (Å²) in [4.78, 5) is 45.2. The fourth-order valence-corrected chi connectivity index (χ4v) is 3.52. The molecule has 1 aliphatic carbocycles. The van der Waals surface area contributed by atoms with E-state index in [1.807, 2.05) is 0 Å². The van der Waals surface area contributed by atoms with Crippen LogP contribution in [0.5, 0.6) is 0 Å². The second-order valence-corrected chi connectivity index (χ2v) is 8.88. The van der Waals surface area contributed by atoms with E-state index in [0.717, 1.165) is 0 Å². The van der Waals surface area contributed by atoms with Crippen LogP contribution >= 0.6 is 11.6 Å². The zero-order chi connectivity index (χ0) is 23.3. The highest BCUT2D eigenvalue weighted by molar-refractivity contribution is 6.39. The number of pyridine rings is 1. The van der Waals surface area contributed by atoms with E-state index in [0.29, 0.717) is 30.1 Å². The Morgan fingerprint density at radius 2 is 1.88 bits per heavy atom. The zero-order valence-corrected chi connectivity index (χ0v) is 18.7. The van der Waals surface area contributed by atoms with Gasteiger partial charge in [0.1, 0.15) is 11.4 Å². The summed E-state index contributed by atoms with van der Waals surface area (Å²) in [6.07, 6.45) is 3.54. The van der Waals surface area contributed by atoms with Gasteiger partial charge >= 0.3 is 17.9 Å². The quantitative estimate of drug-likeness (QED) is 0.584. The number of rotatable bonds is 4. The van der Waals surface area contributed by atoms with E-state index in [1.165, 1.54) is 18.7 Å². The molecule has 1 fully saturated rings. The molecule has 2 aromatic rings. The highest BCUT2D eigenvalue weighted by atomic mass is 35.5. The fourth-order valence-electron chi connectivity index (χ4n) is 3.41. The number of ether oxygens (including phenoxy) is 1. The molecule has 0 spiro atoms. The van der Waals surface area contributed by atoms with Gasteiger partial charge in [-0.25, -0.2) is 9.78 Å². The summed E-state index contributed by atoms with van der Waals surface area (Å²) in [5.74, 6) is -1.08. The third-order valence-electron chi connectivity index (χ3n) is 4.79. The van der Waals surface area contributed by atoms with Crippen molar-refractivity contribution in [2.24, 2.45) is 0 Å². The standard InChI is InChI=1S/C20H25ClN6O5/c1-20(2,3)32-19(30)25-14-8-11(16-23-10-31-27-16)4-6-13(14)24-17(28)18(29)26-15-7-5-12(21)9-22-15/h5,7,9-11,13-14H,4,6,8H2,1-3H3,(H,24,28)(H,25,30)(H,22,26,29)/t11-,13-,14+/m0/s1. The fraction of sp³-hybridized carbons (Fsp3) is 0.500. The molecule has 2 heterocycles. The number of carbonyl (C=O) groups excluding carboxylic acids is 3. The van der Waals surface area contributed by atoms with E-state index in [4.69, 9.17) is 20.9 Å². The number of anilines is 1. The molecule has 0 unspecified atom stereocenters. The van der Waals surface area contributed by atoms with E-state index < -0.39 is 35.6 Å². The van der Waals surface area contributed by atoms with Crippen molar-refractivity contribution in [3.05, 3.63) is 35.6 Å². The Morgan fingerprint density at radius 1 is 1.09 bits per heavy atom. The molecule has 11 nitrogen and oxygen atoms in total. The van der Waals surface area contributed by atoms with Gasteiger partial charge in [-0.15, -0.1) is 0 Å². The van der Waals surface area contributed by atoms with Gasteiger partial charge in [0.05, 0.1) is 11.1 Å². The molecule has 172 valence electrons. The van der Waals surface area contributed by atoms with Crippen molar-refractivity contribution in [2.75, 3.05) is 5.32 Å². The molecule has 3 N–H and O–H groups in total. The lowest BCUT2D eigenvalue weighted by Crippen LogP contribution is -2.56. The van der Waals surface area contributed by atoms with Gasteiger partial charge < -0.3 is 25.2 Å². The summed E-state index contributed by atoms with van der Waals surface area (Å²) in [5.41, 5.74) is -0.684. The second-order valence-electron chi connectivity index (χ2n) is 8.45. The maximum Gasteiger partial charge on any atom is 0.407 e. The first-order chi connectivity index (χ1) is 15.1. The molecule has 1 aliphatic rings. The lowest BCUT2D eigenvalue weighted by Gasteiger charge is -2.36. The minimum Gasteiger partial charge on any atom is -0.444 e. The summed E-state index contributed by atoms with van der Waals surface area (Å²) in [6, 6.07) is 2.02. The summed E-state index contributed by atoms with van der Waals surface area (Å²) in [7, 11) is 0. The molecule has 0 radical (unpaired) electrons. The predicted molar refractivity (Wildman–Crippen MR) is 114 cm³/mol. The SMILES string of the molecule is CC(C)(C)OC(=O)N[C@@H]1C[C@@H](c2ncon2)CC[C@@H]1NC(=O)C(=O)Nc1ccc(Cl)cn1. The zero-order valence-electron chi connectivity index (χ0n) is 17.9. The molecule has 3 rings (SSSR count). The average molecular weight is 465 g/mol. The van der Waals surface area contributed by atoms with E-state index in [2.05, 4.69) is 31.1 Å². The second kappa shape index (κ2) is 9.94. The highest BCUT2D eigenvalue weighted by Crippen LogP contribution is 2.31. The van der Waals surface area contributed by atoms with Crippen molar-refractivity contribution in [2.45, 2.75) is 63.6 Å². The average Bonchev–Trinajstić information content (AvgIpc) is 3.24. The van der Waals surface area contributed by atoms with E-state index >= 15 is 0 Å². The lowest BCUT2D eigenvalue weighted by atomic mass is 9.81. The van der Waals surface area contributed by atoms with Crippen LogP contribution in [0, 0.1) is 0 Å². The molecule has 12 heteroatoms. The van der Waals surface area contributed by atoms with Crippen LogP contribution in [0.2, 0.25) is 5.02 Å². The monoisotopic (exact) mass is 464 g/mol. The Hall–Kier alpha value is -3.21. The number of hydrogen-bond donors (Lipinski definition) is 3. The van der Waals surface area contributed by atoms with Gasteiger partial charge in [-0.05, 0) is 52.2 Å². The van der Waals surface area contributed by atoms with Crippen LogP contribution in [-0.2, 0) is 14.3 Å². The van der Waals surface area contributed by atoms with Gasteiger partial charge in [0.25, 0.3) is 0 Å². The number of halogens is 1. The smallest absolute Gasteiger partial charge is 0.407 e. The molecule has 32 heavy (non-hydrogen) atoms. The Balaban J connectivity index is 1.66. The molecule has 1 saturated carbocycles. The van der Waals surface area contributed by atoms with Crippen LogP contribution in [0.15, 0.2) is 29.2 Å². The number of hydrogen-bond acceptors (Lipinski definition) is 8. The number of nitrogens with one attached hydrogen (secondary N) is 3. The first-order valence-electron chi connectivity index (χ1n) is 10.1. The molecule has 0 bridgehead atoms. The third-order valence-corrected chi connectivity index (χ3v) is 5.01. The molecular formula is C20H25ClN6O5. The van der Waals surface area contributed by atoms with E-state index in [9.17, 15) is 14.4 Å². The van der Waals surface area contributed by atoms with Gasteiger partial charge in [0, 0.05) is 18.2 Å². The molecule has 0 aromatic carbocycles. The predicted octanol–water partition coefficient (Wildman–Crippen LogP) is 2.40.